The molecule has 0 bridgehead atoms. The molecule has 0 aliphatic heterocycles. The van der Waals surface area contributed by atoms with Crippen LogP contribution in [-0.2, 0) is 0 Å². The van der Waals surface area contributed by atoms with Crippen LogP contribution in [0.25, 0.3) is 0 Å². The first-order valence-electron chi connectivity index (χ1n) is 4.75. The van der Waals surface area contributed by atoms with Gasteiger partial charge in [0.25, 0.3) is 0 Å². The van der Waals surface area contributed by atoms with Crippen molar-refractivity contribution in [3.05, 3.63) is 29.8 Å². The maximum Gasteiger partial charge on any atom is 0.192 e. The first-order chi connectivity index (χ1) is 6.88. The maximum atomic E-state index is 13.2. The Morgan fingerprint density at radius 1 is 1.60 bits per heavy atom. The Hall–Kier alpha value is -0.360. The Bertz CT molecular complexity index is 323. The van der Waals surface area contributed by atoms with E-state index >= 15 is 0 Å². The minimum absolute atomic E-state index is 0.0371. The Morgan fingerprint density at radius 3 is 2.80 bits per heavy atom. The normalized spacial score (nSPS) is 16.9. The van der Waals surface area contributed by atoms with E-state index in [0.717, 1.165) is 5.56 Å². The minimum Gasteiger partial charge on any atom is -0.489 e. The van der Waals surface area contributed by atoms with Crippen LogP contribution in [0.5, 0.6) is 5.75 Å². The zero-order valence-corrected chi connectivity index (χ0v) is 11.0. The molecule has 0 saturated heterocycles. The first-order valence-corrected chi connectivity index (χ1v) is 5.82. The van der Waals surface area contributed by atoms with E-state index in [9.17, 15) is 4.39 Å². The number of alkyl halides is 2. The highest BCUT2D eigenvalue weighted by molar-refractivity contribution is 14.1. The number of halogens is 2. The number of hydrogen-bond acceptors (Lipinski definition) is 2. The molecule has 0 aliphatic carbocycles. The number of hydrogen-bond donors (Lipinski definition) is 1. The van der Waals surface area contributed by atoms with Crippen LogP contribution in [0.2, 0.25) is 0 Å². The van der Waals surface area contributed by atoms with Gasteiger partial charge in [-0.3, -0.25) is 0 Å². The third-order valence-corrected chi connectivity index (χ3v) is 2.19. The summed E-state index contributed by atoms with van der Waals surface area (Å²) in [4.78, 5) is 0. The molecular formula is C11H15FINO. The van der Waals surface area contributed by atoms with Gasteiger partial charge in [-0.15, -0.1) is 0 Å². The average molecular weight is 323 g/mol. The molecule has 0 aliphatic rings. The lowest BCUT2D eigenvalue weighted by molar-refractivity contribution is 0.197. The van der Waals surface area contributed by atoms with E-state index in [4.69, 9.17) is 10.5 Å². The molecule has 2 nitrogen and oxygen atoms in total. The summed E-state index contributed by atoms with van der Waals surface area (Å²) in [7, 11) is 0. The van der Waals surface area contributed by atoms with Crippen molar-refractivity contribution in [2.24, 2.45) is 5.73 Å². The van der Waals surface area contributed by atoms with Gasteiger partial charge < -0.3 is 10.5 Å². The van der Waals surface area contributed by atoms with Crippen molar-refractivity contribution in [2.45, 2.75) is 23.6 Å². The molecule has 4 heteroatoms. The monoisotopic (exact) mass is 323 g/mol. The molecule has 1 aromatic carbocycles. The van der Waals surface area contributed by atoms with Crippen LogP contribution in [-0.4, -0.2) is 10.3 Å². The Balaban J connectivity index is 2.66. The second-order valence-corrected chi connectivity index (χ2v) is 5.97. The summed E-state index contributed by atoms with van der Waals surface area (Å²) in [5.74, 6) is 0.658. The van der Waals surface area contributed by atoms with E-state index in [1.807, 2.05) is 25.1 Å². The summed E-state index contributed by atoms with van der Waals surface area (Å²) >= 11 is 1.71. The van der Waals surface area contributed by atoms with Crippen LogP contribution in [0.3, 0.4) is 0 Å². The minimum atomic E-state index is -1.35. The van der Waals surface area contributed by atoms with Gasteiger partial charge in [-0.25, -0.2) is 4.39 Å². The van der Waals surface area contributed by atoms with Crippen LogP contribution < -0.4 is 10.5 Å². The number of ether oxygens (including phenoxy) is 1. The zero-order valence-electron chi connectivity index (χ0n) is 8.84. The van der Waals surface area contributed by atoms with E-state index in [-0.39, 0.29) is 12.6 Å². The molecule has 0 aromatic heterocycles. The SMILES string of the molecule is CC(N)c1cccc(OCC(C)(F)I)c1. The van der Waals surface area contributed by atoms with Crippen molar-refractivity contribution in [1.82, 2.24) is 0 Å². The molecule has 0 heterocycles. The largest absolute Gasteiger partial charge is 0.489 e. The summed E-state index contributed by atoms with van der Waals surface area (Å²) in [5, 5.41) is 0. The predicted octanol–water partition coefficient (Wildman–Crippen LogP) is 3.21. The molecule has 2 unspecified atom stereocenters. The fraction of sp³-hybridized carbons (Fsp3) is 0.455. The summed E-state index contributed by atoms with van der Waals surface area (Å²) in [6.45, 7) is 3.41. The van der Waals surface area contributed by atoms with E-state index in [1.54, 1.807) is 28.7 Å². The summed E-state index contributed by atoms with van der Waals surface area (Å²) in [6.07, 6.45) is 0. The Labute approximate surface area is 103 Å². The fourth-order valence-corrected chi connectivity index (χ4v) is 1.25. The van der Waals surface area contributed by atoms with Crippen LogP contribution in [0.1, 0.15) is 25.5 Å². The van der Waals surface area contributed by atoms with Crippen molar-refractivity contribution in [2.75, 3.05) is 6.61 Å². The third-order valence-electron chi connectivity index (χ3n) is 1.88. The molecule has 0 amide bonds. The van der Waals surface area contributed by atoms with Crippen LogP contribution in [0, 0.1) is 0 Å². The molecule has 0 radical (unpaired) electrons. The summed E-state index contributed by atoms with van der Waals surface area (Å²) < 4.78 is 17.1. The standard InChI is InChI=1S/C11H15FINO/c1-8(14)9-4-3-5-10(6-9)15-7-11(2,12)13/h3-6,8H,7,14H2,1-2H3. The lowest BCUT2D eigenvalue weighted by Gasteiger charge is -2.14. The second-order valence-electron chi connectivity index (χ2n) is 3.72. The van der Waals surface area contributed by atoms with Crippen molar-refractivity contribution < 1.29 is 9.13 Å². The van der Waals surface area contributed by atoms with E-state index in [0.29, 0.717) is 5.75 Å². The molecule has 0 fully saturated rings. The zero-order chi connectivity index (χ0) is 11.5. The van der Waals surface area contributed by atoms with Gasteiger partial charge >= 0.3 is 0 Å². The van der Waals surface area contributed by atoms with Gasteiger partial charge in [0.05, 0.1) is 0 Å². The van der Waals surface area contributed by atoms with Crippen LogP contribution in [0.15, 0.2) is 24.3 Å². The molecule has 15 heavy (non-hydrogen) atoms. The highest BCUT2D eigenvalue weighted by atomic mass is 127. The van der Waals surface area contributed by atoms with E-state index in [1.165, 1.54) is 6.92 Å². The third kappa shape index (κ3) is 4.79. The second kappa shape index (κ2) is 5.12. The fourth-order valence-electron chi connectivity index (χ4n) is 1.10. The highest BCUT2D eigenvalue weighted by Crippen LogP contribution is 2.23. The van der Waals surface area contributed by atoms with Crippen molar-refractivity contribution >= 4 is 22.6 Å². The van der Waals surface area contributed by atoms with Gasteiger partial charge in [0.1, 0.15) is 12.4 Å². The van der Waals surface area contributed by atoms with Gasteiger partial charge in [-0.05, 0) is 54.1 Å². The number of benzene rings is 1. The lowest BCUT2D eigenvalue weighted by atomic mass is 10.1. The van der Waals surface area contributed by atoms with Crippen LogP contribution in [0.4, 0.5) is 4.39 Å². The van der Waals surface area contributed by atoms with Gasteiger partial charge in [0, 0.05) is 6.04 Å². The van der Waals surface area contributed by atoms with Gasteiger partial charge in [0.2, 0.25) is 0 Å². The van der Waals surface area contributed by atoms with Crippen LogP contribution >= 0.6 is 22.6 Å². The van der Waals surface area contributed by atoms with Crippen molar-refractivity contribution in [1.29, 1.82) is 0 Å². The topological polar surface area (TPSA) is 35.2 Å². The number of nitrogens with two attached hydrogens (primary N) is 1. The Kier molecular flexibility index (Phi) is 4.33. The first kappa shape index (κ1) is 12.7. The van der Waals surface area contributed by atoms with Crippen molar-refractivity contribution in [3.63, 3.8) is 0 Å². The van der Waals surface area contributed by atoms with Crippen molar-refractivity contribution in [3.8, 4) is 5.75 Å². The average Bonchev–Trinajstić information content (AvgIpc) is 2.14. The van der Waals surface area contributed by atoms with E-state index in [2.05, 4.69) is 0 Å². The Morgan fingerprint density at radius 2 is 2.27 bits per heavy atom. The van der Waals surface area contributed by atoms with Gasteiger partial charge in [-0.1, -0.05) is 12.1 Å². The number of rotatable bonds is 4. The molecular weight excluding hydrogens is 308 g/mol. The molecule has 0 spiro atoms. The smallest absolute Gasteiger partial charge is 0.192 e. The summed E-state index contributed by atoms with van der Waals surface area (Å²) in [5.41, 5.74) is 6.72. The molecule has 1 aromatic rings. The predicted molar refractivity (Wildman–Crippen MR) is 68.1 cm³/mol. The van der Waals surface area contributed by atoms with E-state index < -0.39 is 3.68 Å². The molecule has 2 N–H and O–H groups in total. The molecule has 2 atom stereocenters. The molecule has 1 rings (SSSR count). The molecule has 0 saturated carbocycles. The highest BCUT2D eigenvalue weighted by Gasteiger charge is 2.18. The quantitative estimate of drug-likeness (QED) is 0.682. The van der Waals surface area contributed by atoms with Gasteiger partial charge in [-0.2, -0.15) is 0 Å². The maximum absolute atomic E-state index is 13.2. The molecule has 84 valence electrons. The lowest BCUT2D eigenvalue weighted by Crippen LogP contribution is -2.18. The summed E-state index contributed by atoms with van der Waals surface area (Å²) in [6, 6.07) is 7.39. The van der Waals surface area contributed by atoms with Gasteiger partial charge in [0.15, 0.2) is 3.68 Å².